The maximum absolute atomic E-state index is 12.6. The molecule has 0 unspecified atom stereocenters. The van der Waals surface area contributed by atoms with Crippen LogP contribution in [0.5, 0.6) is 0 Å². The van der Waals surface area contributed by atoms with Crippen molar-refractivity contribution in [2.24, 2.45) is 0 Å². The Morgan fingerprint density at radius 3 is 2.77 bits per heavy atom. The van der Waals surface area contributed by atoms with E-state index in [2.05, 4.69) is 15.3 Å². The molecular weight excluding hydrogens is 392 g/mol. The number of anilines is 1. The normalized spacial score (nSPS) is 11.1. The molecule has 0 saturated heterocycles. The Kier molecular flexibility index (Phi) is 6.74. The second-order valence-corrected chi connectivity index (χ2v) is 7.16. The summed E-state index contributed by atoms with van der Waals surface area (Å²) in [6, 6.07) is 17.7. The first kappa shape index (κ1) is 20.8. The molecule has 160 valence electrons. The Bertz CT molecular complexity index is 1130. The molecule has 0 spiro atoms. The van der Waals surface area contributed by atoms with E-state index in [9.17, 15) is 4.79 Å². The van der Waals surface area contributed by atoms with Crippen molar-refractivity contribution in [3.8, 4) is 11.3 Å². The van der Waals surface area contributed by atoms with E-state index in [4.69, 9.17) is 9.15 Å². The highest BCUT2D eigenvalue weighted by molar-refractivity contribution is 5.91. The Morgan fingerprint density at radius 1 is 1.13 bits per heavy atom. The number of hydrogen-bond donors (Lipinski definition) is 1. The molecule has 0 saturated carbocycles. The summed E-state index contributed by atoms with van der Waals surface area (Å²) in [6.07, 6.45) is 3.22. The van der Waals surface area contributed by atoms with Crippen molar-refractivity contribution in [1.82, 2.24) is 14.5 Å². The van der Waals surface area contributed by atoms with Crippen molar-refractivity contribution in [2.45, 2.75) is 32.7 Å². The monoisotopic (exact) mass is 418 g/mol. The van der Waals surface area contributed by atoms with Gasteiger partial charge in [0, 0.05) is 38.2 Å². The molecule has 0 atom stereocenters. The average Bonchev–Trinajstić information content (AvgIpc) is 3.41. The summed E-state index contributed by atoms with van der Waals surface area (Å²) in [5.41, 5.74) is 2.82. The number of hydrogen-bond acceptors (Lipinski definition) is 5. The van der Waals surface area contributed by atoms with Crippen LogP contribution < -0.4 is 5.32 Å². The molecule has 0 aliphatic heterocycles. The number of aromatic nitrogens is 3. The van der Waals surface area contributed by atoms with Gasteiger partial charge in [0.25, 0.3) is 0 Å². The van der Waals surface area contributed by atoms with Gasteiger partial charge in [-0.15, -0.1) is 0 Å². The standard InChI is InChI=1S/C24H26N4O3/c1-2-30-16-8-15-28-20-12-7-6-11-19(20)26-24(28)27-22(29)13-14-23-25-17-21(31-23)18-9-4-3-5-10-18/h3-7,9-12,17H,2,8,13-16H2,1H3,(H,26,27,29). The van der Waals surface area contributed by atoms with Crippen LogP contribution in [-0.2, 0) is 22.5 Å². The van der Waals surface area contributed by atoms with Crippen molar-refractivity contribution in [3.63, 3.8) is 0 Å². The van der Waals surface area contributed by atoms with E-state index < -0.39 is 0 Å². The average molecular weight is 418 g/mol. The van der Waals surface area contributed by atoms with Gasteiger partial charge in [-0.25, -0.2) is 9.97 Å². The van der Waals surface area contributed by atoms with Crippen LogP contribution in [0, 0.1) is 0 Å². The molecule has 2 aromatic heterocycles. The number of nitrogens with one attached hydrogen (secondary N) is 1. The molecule has 0 radical (unpaired) electrons. The molecule has 31 heavy (non-hydrogen) atoms. The first-order valence-electron chi connectivity index (χ1n) is 10.6. The summed E-state index contributed by atoms with van der Waals surface area (Å²) in [5, 5.41) is 2.95. The quantitative estimate of drug-likeness (QED) is 0.378. The van der Waals surface area contributed by atoms with Gasteiger partial charge in [0.05, 0.1) is 17.2 Å². The number of aryl methyl sites for hydroxylation is 2. The van der Waals surface area contributed by atoms with Crippen LogP contribution in [0.1, 0.15) is 25.7 Å². The summed E-state index contributed by atoms with van der Waals surface area (Å²) in [7, 11) is 0. The number of para-hydroxylation sites is 2. The molecule has 0 bridgehead atoms. The highest BCUT2D eigenvalue weighted by Gasteiger charge is 2.14. The molecule has 0 fully saturated rings. The topological polar surface area (TPSA) is 82.2 Å². The van der Waals surface area contributed by atoms with Crippen molar-refractivity contribution in [2.75, 3.05) is 18.5 Å². The minimum absolute atomic E-state index is 0.124. The zero-order chi connectivity index (χ0) is 21.5. The van der Waals surface area contributed by atoms with E-state index in [0.717, 1.165) is 29.6 Å². The Labute approximate surface area is 181 Å². The van der Waals surface area contributed by atoms with Crippen LogP contribution in [0.25, 0.3) is 22.4 Å². The van der Waals surface area contributed by atoms with E-state index in [0.29, 0.717) is 37.2 Å². The lowest BCUT2D eigenvalue weighted by Gasteiger charge is -2.10. The number of rotatable bonds is 10. The van der Waals surface area contributed by atoms with Gasteiger partial charge in [0.15, 0.2) is 11.7 Å². The van der Waals surface area contributed by atoms with Crippen LogP contribution in [-0.4, -0.2) is 33.7 Å². The summed E-state index contributed by atoms with van der Waals surface area (Å²) in [4.78, 5) is 21.5. The summed E-state index contributed by atoms with van der Waals surface area (Å²) in [5.74, 6) is 1.67. The molecule has 4 aromatic rings. The number of nitrogens with zero attached hydrogens (tertiary/aromatic N) is 3. The van der Waals surface area contributed by atoms with Crippen LogP contribution in [0.15, 0.2) is 65.2 Å². The van der Waals surface area contributed by atoms with Gasteiger partial charge in [-0.05, 0) is 25.5 Å². The van der Waals surface area contributed by atoms with Gasteiger partial charge in [0.1, 0.15) is 0 Å². The highest BCUT2D eigenvalue weighted by atomic mass is 16.5. The molecule has 4 rings (SSSR count). The minimum Gasteiger partial charge on any atom is -0.441 e. The lowest BCUT2D eigenvalue weighted by Crippen LogP contribution is -2.17. The fourth-order valence-electron chi connectivity index (χ4n) is 3.44. The van der Waals surface area contributed by atoms with Gasteiger partial charge in [-0.1, -0.05) is 42.5 Å². The molecule has 0 aliphatic rings. The number of carbonyl (C=O) groups is 1. The van der Waals surface area contributed by atoms with Crippen LogP contribution in [0.4, 0.5) is 5.95 Å². The first-order chi connectivity index (χ1) is 15.2. The lowest BCUT2D eigenvalue weighted by atomic mass is 10.2. The van der Waals surface area contributed by atoms with E-state index >= 15 is 0 Å². The number of benzene rings is 2. The summed E-state index contributed by atoms with van der Waals surface area (Å²) in [6.45, 7) is 4.07. The van der Waals surface area contributed by atoms with E-state index in [-0.39, 0.29) is 12.3 Å². The van der Waals surface area contributed by atoms with Crippen molar-refractivity contribution in [1.29, 1.82) is 0 Å². The van der Waals surface area contributed by atoms with E-state index in [1.165, 1.54) is 0 Å². The van der Waals surface area contributed by atoms with Crippen molar-refractivity contribution in [3.05, 3.63) is 66.7 Å². The van der Waals surface area contributed by atoms with Gasteiger partial charge < -0.3 is 13.7 Å². The molecule has 7 heteroatoms. The number of imidazole rings is 1. The fraction of sp³-hybridized carbons (Fsp3) is 0.292. The Morgan fingerprint density at radius 2 is 1.94 bits per heavy atom. The van der Waals surface area contributed by atoms with Crippen LogP contribution in [0.3, 0.4) is 0 Å². The van der Waals surface area contributed by atoms with Crippen LogP contribution >= 0.6 is 0 Å². The maximum atomic E-state index is 12.6. The Balaban J connectivity index is 1.40. The van der Waals surface area contributed by atoms with Crippen molar-refractivity contribution < 1.29 is 13.9 Å². The zero-order valence-corrected chi connectivity index (χ0v) is 17.6. The molecular formula is C24H26N4O3. The molecule has 2 heterocycles. The summed E-state index contributed by atoms with van der Waals surface area (Å²) < 4.78 is 13.3. The van der Waals surface area contributed by atoms with Gasteiger partial charge in [-0.3, -0.25) is 10.1 Å². The number of oxazole rings is 1. The van der Waals surface area contributed by atoms with Crippen LogP contribution in [0.2, 0.25) is 0 Å². The molecule has 7 nitrogen and oxygen atoms in total. The molecule has 1 amide bonds. The fourth-order valence-corrected chi connectivity index (χ4v) is 3.44. The van der Waals surface area contributed by atoms with E-state index in [1.807, 2.05) is 66.1 Å². The largest absolute Gasteiger partial charge is 0.441 e. The SMILES string of the molecule is CCOCCCn1c(NC(=O)CCc2ncc(-c3ccccc3)o2)nc2ccccc21. The van der Waals surface area contributed by atoms with Gasteiger partial charge >= 0.3 is 0 Å². The second kappa shape index (κ2) is 10.0. The highest BCUT2D eigenvalue weighted by Crippen LogP contribution is 2.22. The number of ether oxygens (including phenoxy) is 1. The van der Waals surface area contributed by atoms with Gasteiger partial charge in [-0.2, -0.15) is 0 Å². The summed E-state index contributed by atoms with van der Waals surface area (Å²) >= 11 is 0. The predicted octanol–water partition coefficient (Wildman–Crippen LogP) is 4.69. The van der Waals surface area contributed by atoms with Gasteiger partial charge in [0.2, 0.25) is 11.9 Å². The molecule has 0 aliphatic carbocycles. The second-order valence-electron chi connectivity index (χ2n) is 7.16. The first-order valence-corrected chi connectivity index (χ1v) is 10.6. The predicted molar refractivity (Wildman–Crippen MR) is 120 cm³/mol. The minimum atomic E-state index is -0.124. The molecule has 2 aromatic carbocycles. The lowest BCUT2D eigenvalue weighted by molar-refractivity contribution is -0.116. The number of fused-ring (bicyclic) bond motifs is 1. The number of amides is 1. The third-order valence-corrected chi connectivity index (χ3v) is 4.96. The number of carbonyl (C=O) groups excluding carboxylic acids is 1. The Hall–Kier alpha value is -3.45. The van der Waals surface area contributed by atoms with Crippen molar-refractivity contribution >= 4 is 22.9 Å². The van der Waals surface area contributed by atoms with E-state index in [1.54, 1.807) is 6.20 Å². The maximum Gasteiger partial charge on any atom is 0.227 e. The third kappa shape index (κ3) is 5.19. The third-order valence-electron chi connectivity index (χ3n) is 4.96. The smallest absolute Gasteiger partial charge is 0.227 e. The zero-order valence-electron chi connectivity index (χ0n) is 17.6. The molecule has 1 N–H and O–H groups in total.